The first-order chi connectivity index (χ1) is 7.63. The lowest BCUT2D eigenvalue weighted by Crippen LogP contribution is -2.42. The first-order valence-corrected chi connectivity index (χ1v) is 6.12. The molecule has 2 unspecified atom stereocenters. The molecule has 0 bridgehead atoms. The maximum Gasteiger partial charge on any atom is 0.220 e. The van der Waals surface area contributed by atoms with Gasteiger partial charge in [0.1, 0.15) is 0 Å². The van der Waals surface area contributed by atoms with Gasteiger partial charge in [0.05, 0.1) is 12.6 Å². The van der Waals surface area contributed by atoms with E-state index in [2.05, 4.69) is 24.5 Å². The summed E-state index contributed by atoms with van der Waals surface area (Å²) < 4.78 is 5.11. The van der Waals surface area contributed by atoms with E-state index < -0.39 is 0 Å². The summed E-state index contributed by atoms with van der Waals surface area (Å²) in [7, 11) is 1.67. The number of ether oxygens (including phenoxy) is 1. The van der Waals surface area contributed by atoms with Crippen LogP contribution in [0.25, 0.3) is 0 Å². The summed E-state index contributed by atoms with van der Waals surface area (Å²) in [6.45, 7) is 6.81. The van der Waals surface area contributed by atoms with Crippen LogP contribution < -0.4 is 10.6 Å². The lowest BCUT2D eigenvalue weighted by molar-refractivity contribution is -0.123. The van der Waals surface area contributed by atoms with E-state index in [1.807, 2.05) is 0 Å². The van der Waals surface area contributed by atoms with E-state index in [0.717, 1.165) is 19.5 Å². The average Bonchev–Trinajstić information content (AvgIpc) is 2.69. The molecule has 0 spiro atoms. The highest BCUT2D eigenvalue weighted by Crippen LogP contribution is 2.12. The third kappa shape index (κ3) is 4.49. The van der Waals surface area contributed by atoms with Crippen LogP contribution in [-0.4, -0.2) is 38.8 Å². The topological polar surface area (TPSA) is 50.4 Å². The van der Waals surface area contributed by atoms with Crippen molar-refractivity contribution in [2.45, 2.75) is 32.7 Å². The fourth-order valence-electron chi connectivity index (χ4n) is 2.00. The minimum Gasteiger partial charge on any atom is -0.383 e. The van der Waals surface area contributed by atoms with Crippen molar-refractivity contribution in [2.24, 2.45) is 11.8 Å². The molecule has 94 valence electrons. The molecule has 1 aliphatic heterocycles. The first-order valence-electron chi connectivity index (χ1n) is 6.12. The van der Waals surface area contributed by atoms with Crippen molar-refractivity contribution in [3.05, 3.63) is 0 Å². The van der Waals surface area contributed by atoms with E-state index >= 15 is 0 Å². The molecular weight excluding hydrogens is 204 g/mol. The summed E-state index contributed by atoms with van der Waals surface area (Å²) in [6.07, 6.45) is 1.75. The van der Waals surface area contributed by atoms with E-state index in [4.69, 9.17) is 4.74 Å². The van der Waals surface area contributed by atoms with Crippen molar-refractivity contribution in [1.29, 1.82) is 0 Å². The molecule has 0 aromatic rings. The lowest BCUT2D eigenvalue weighted by Gasteiger charge is -2.22. The van der Waals surface area contributed by atoms with Gasteiger partial charge in [-0.2, -0.15) is 0 Å². The Morgan fingerprint density at radius 2 is 2.31 bits per heavy atom. The zero-order valence-corrected chi connectivity index (χ0v) is 10.6. The van der Waals surface area contributed by atoms with Crippen LogP contribution in [0.2, 0.25) is 0 Å². The Bertz CT molecular complexity index is 213. The number of nitrogens with one attached hydrogen (secondary N) is 2. The second-order valence-electron chi connectivity index (χ2n) is 4.94. The van der Waals surface area contributed by atoms with E-state index in [1.165, 1.54) is 0 Å². The third-order valence-corrected chi connectivity index (χ3v) is 3.13. The molecule has 1 amide bonds. The molecule has 0 aromatic heterocycles. The Morgan fingerprint density at radius 1 is 1.56 bits per heavy atom. The Hall–Kier alpha value is -0.610. The number of rotatable bonds is 6. The van der Waals surface area contributed by atoms with Crippen LogP contribution in [0, 0.1) is 11.8 Å². The SMILES string of the molecule is COCC(NC(=O)CC1CCNC1)C(C)C. The van der Waals surface area contributed by atoms with Crippen LogP contribution in [0.3, 0.4) is 0 Å². The van der Waals surface area contributed by atoms with Gasteiger partial charge in [0.2, 0.25) is 5.91 Å². The summed E-state index contributed by atoms with van der Waals surface area (Å²) in [5.74, 6) is 1.07. The molecule has 0 aliphatic carbocycles. The number of hydrogen-bond acceptors (Lipinski definition) is 3. The van der Waals surface area contributed by atoms with E-state index in [9.17, 15) is 4.79 Å². The fraction of sp³-hybridized carbons (Fsp3) is 0.917. The maximum absolute atomic E-state index is 11.8. The second-order valence-corrected chi connectivity index (χ2v) is 4.94. The van der Waals surface area contributed by atoms with Gasteiger partial charge in [-0.15, -0.1) is 0 Å². The monoisotopic (exact) mass is 228 g/mol. The van der Waals surface area contributed by atoms with Crippen LogP contribution in [0.5, 0.6) is 0 Å². The minimum atomic E-state index is 0.131. The molecule has 16 heavy (non-hydrogen) atoms. The smallest absolute Gasteiger partial charge is 0.220 e. The van der Waals surface area contributed by atoms with Crippen molar-refractivity contribution < 1.29 is 9.53 Å². The van der Waals surface area contributed by atoms with Crippen LogP contribution in [-0.2, 0) is 9.53 Å². The molecule has 1 rings (SSSR count). The van der Waals surface area contributed by atoms with Gasteiger partial charge in [0.25, 0.3) is 0 Å². The largest absolute Gasteiger partial charge is 0.383 e. The molecule has 1 aliphatic rings. The van der Waals surface area contributed by atoms with Crippen LogP contribution in [0.15, 0.2) is 0 Å². The van der Waals surface area contributed by atoms with E-state index in [1.54, 1.807) is 7.11 Å². The fourth-order valence-corrected chi connectivity index (χ4v) is 2.00. The van der Waals surface area contributed by atoms with Crippen molar-refractivity contribution >= 4 is 5.91 Å². The van der Waals surface area contributed by atoms with Gasteiger partial charge in [0.15, 0.2) is 0 Å². The quantitative estimate of drug-likeness (QED) is 0.706. The molecule has 2 N–H and O–H groups in total. The summed E-state index contributed by atoms with van der Waals surface area (Å²) in [4.78, 5) is 11.8. The number of methoxy groups -OCH3 is 1. The molecule has 0 aromatic carbocycles. The Morgan fingerprint density at radius 3 is 2.81 bits per heavy atom. The number of hydrogen-bond donors (Lipinski definition) is 2. The molecule has 0 radical (unpaired) electrons. The number of carbonyl (C=O) groups excluding carboxylic acids is 1. The standard InChI is InChI=1S/C12H24N2O2/c1-9(2)11(8-16-3)14-12(15)6-10-4-5-13-7-10/h9-11,13H,4-8H2,1-3H3,(H,14,15). The molecule has 1 fully saturated rings. The van der Waals surface area contributed by atoms with Gasteiger partial charge in [0, 0.05) is 13.5 Å². The highest BCUT2D eigenvalue weighted by Gasteiger charge is 2.21. The van der Waals surface area contributed by atoms with Crippen molar-refractivity contribution in [3.8, 4) is 0 Å². The summed E-state index contributed by atoms with van der Waals surface area (Å²) in [5, 5.41) is 6.33. The molecule has 4 nitrogen and oxygen atoms in total. The van der Waals surface area contributed by atoms with Gasteiger partial charge >= 0.3 is 0 Å². The van der Waals surface area contributed by atoms with Crippen molar-refractivity contribution in [1.82, 2.24) is 10.6 Å². The molecule has 0 saturated carbocycles. The Labute approximate surface area is 98.1 Å². The molecule has 4 heteroatoms. The molecule has 2 atom stereocenters. The van der Waals surface area contributed by atoms with Crippen LogP contribution in [0.1, 0.15) is 26.7 Å². The van der Waals surface area contributed by atoms with E-state index in [0.29, 0.717) is 24.9 Å². The predicted molar refractivity (Wildman–Crippen MR) is 64.2 cm³/mol. The third-order valence-electron chi connectivity index (χ3n) is 3.13. The van der Waals surface area contributed by atoms with E-state index in [-0.39, 0.29) is 11.9 Å². The summed E-state index contributed by atoms with van der Waals surface area (Å²) >= 11 is 0. The van der Waals surface area contributed by atoms with Crippen molar-refractivity contribution in [3.63, 3.8) is 0 Å². The number of carbonyl (C=O) groups is 1. The van der Waals surface area contributed by atoms with Crippen LogP contribution >= 0.6 is 0 Å². The second kappa shape index (κ2) is 6.86. The number of amides is 1. The van der Waals surface area contributed by atoms with Gasteiger partial charge in [-0.3, -0.25) is 4.79 Å². The van der Waals surface area contributed by atoms with Gasteiger partial charge in [-0.25, -0.2) is 0 Å². The summed E-state index contributed by atoms with van der Waals surface area (Å²) in [6, 6.07) is 0.131. The lowest BCUT2D eigenvalue weighted by atomic mass is 10.0. The maximum atomic E-state index is 11.8. The van der Waals surface area contributed by atoms with Gasteiger partial charge in [-0.1, -0.05) is 13.8 Å². The molecule has 1 saturated heterocycles. The highest BCUT2D eigenvalue weighted by molar-refractivity contribution is 5.76. The minimum absolute atomic E-state index is 0.131. The Kier molecular flexibility index (Phi) is 5.77. The van der Waals surface area contributed by atoms with Crippen molar-refractivity contribution in [2.75, 3.05) is 26.8 Å². The van der Waals surface area contributed by atoms with Crippen LogP contribution in [0.4, 0.5) is 0 Å². The predicted octanol–water partition coefficient (Wildman–Crippen LogP) is 0.773. The van der Waals surface area contributed by atoms with Gasteiger partial charge < -0.3 is 15.4 Å². The zero-order valence-electron chi connectivity index (χ0n) is 10.6. The molecule has 1 heterocycles. The van der Waals surface area contributed by atoms with Gasteiger partial charge in [-0.05, 0) is 31.3 Å². The highest BCUT2D eigenvalue weighted by atomic mass is 16.5. The Balaban J connectivity index is 2.29. The zero-order chi connectivity index (χ0) is 12.0. The normalized spacial score (nSPS) is 22.4. The molecular formula is C12H24N2O2. The average molecular weight is 228 g/mol. The summed E-state index contributed by atoms with van der Waals surface area (Å²) in [5.41, 5.74) is 0. The first kappa shape index (κ1) is 13.5.